The fraction of sp³-hybridized carbons (Fsp3) is 0.429. The molecule has 1 aromatic carbocycles. The second-order valence-electron chi connectivity index (χ2n) is 4.90. The van der Waals surface area contributed by atoms with Crippen LogP contribution in [0.15, 0.2) is 24.5 Å². The van der Waals surface area contributed by atoms with Crippen LogP contribution in [-0.2, 0) is 15.4 Å². The first-order valence-corrected chi connectivity index (χ1v) is 7.47. The average molecular weight is 328 g/mol. The molecule has 0 saturated carbocycles. The van der Waals surface area contributed by atoms with Gasteiger partial charge in [0.2, 0.25) is 0 Å². The summed E-state index contributed by atoms with van der Waals surface area (Å²) in [5.74, 6) is -0.560. The first-order chi connectivity index (χ1) is 10.0. The molecule has 112 valence electrons. The van der Waals surface area contributed by atoms with Gasteiger partial charge in [-0.3, -0.25) is 0 Å². The van der Waals surface area contributed by atoms with Gasteiger partial charge < -0.3 is 9.47 Å². The van der Waals surface area contributed by atoms with Crippen molar-refractivity contribution in [3.8, 4) is 0 Å². The Labute approximate surface area is 132 Å². The maximum atomic E-state index is 6.34. The van der Waals surface area contributed by atoms with Crippen LogP contribution in [0.3, 0.4) is 0 Å². The summed E-state index contributed by atoms with van der Waals surface area (Å²) in [6.45, 7) is 4.31. The molecule has 5 nitrogen and oxygen atoms in total. The van der Waals surface area contributed by atoms with E-state index in [4.69, 9.17) is 32.7 Å². The number of aromatic nitrogens is 3. The molecule has 0 bridgehead atoms. The van der Waals surface area contributed by atoms with Crippen LogP contribution < -0.4 is 0 Å². The number of aryl methyl sites for hydroxylation is 1. The molecule has 7 heteroatoms. The summed E-state index contributed by atoms with van der Waals surface area (Å²) in [4.78, 5) is 4.15. The minimum atomic E-state index is -1.19. The Balaban J connectivity index is 2.13. The van der Waals surface area contributed by atoms with Gasteiger partial charge in [0, 0.05) is 5.02 Å². The molecule has 2 unspecified atom stereocenters. The van der Waals surface area contributed by atoms with E-state index in [9.17, 15) is 0 Å². The monoisotopic (exact) mass is 327 g/mol. The predicted octanol–water partition coefficient (Wildman–Crippen LogP) is 3.38. The van der Waals surface area contributed by atoms with E-state index < -0.39 is 5.91 Å². The van der Waals surface area contributed by atoms with Crippen LogP contribution in [-0.4, -0.2) is 27.5 Å². The van der Waals surface area contributed by atoms with Gasteiger partial charge in [-0.1, -0.05) is 30.1 Å². The van der Waals surface area contributed by atoms with E-state index in [1.54, 1.807) is 36.1 Å². The van der Waals surface area contributed by atoms with Gasteiger partial charge in [0.05, 0.1) is 23.3 Å². The summed E-state index contributed by atoms with van der Waals surface area (Å²) in [6.07, 6.45) is 2.39. The fourth-order valence-corrected chi connectivity index (χ4v) is 2.85. The third-order valence-electron chi connectivity index (χ3n) is 3.43. The summed E-state index contributed by atoms with van der Waals surface area (Å²) in [6, 6.07) is 5.20. The van der Waals surface area contributed by atoms with Crippen molar-refractivity contribution in [2.24, 2.45) is 0 Å². The molecule has 3 rings (SSSR count). The lowest BCUT2D eigenvalue weighted by molar-refractivity contribution is -0.206. The number of benzene rings is 1. The first-order valence-electron chi connectivity index (χ1n) is 6.71. The zero-order valence-corrected chi connectivity index (χ0v) is 13.2. The Kier molecular flexibility index (Phi) is 3.92. The number of halogens is 2. The zero-order chi connectivity index (χ0) is 15.0. The van der Waals surface area contributed by atoms with Gasteiger partial charge in [-0.25, -0.2) is 4.98 Å². The standard InChI is InChI=1S/C14H15Cl2N3O2/c1-3-11-7-20-14(21-11,19-8-17-9(2)18-19)12-5-4-10(15)6-13(12)16/h4-6,8,11H,3,7H2,1-2H3. The van der Waals surface area contributed by atoms with Crippen molar-refractivity contribution < 1.29 is 9.47 Å². The molecule has 1 aliphatic heterocycles. The SMILES string of the molecule is CCC1COC(c2ccc(Cl)cc2Cl)(n2cnc(C)n2)O1. The van der Waals surface area contributed by atoms with Crippen LogP contribution >= 0.6 is 23.2 Å². The second-order valence-corrected chi connectivity index (χ2v) is 5.75. The lowest BCUT2D eigenvalue weighted by Gasteiger charge is -2.28. The summed E-state index contributed by atoms with van der Waals surface area (Å²) < 4.78 is 13.6. The van der Waals surface area contributed by atoms with E-state index in [1.165, 1.54) is 0 Å². The van der Waals surface area contributed by atoms with Crippen molar-refractivity contribution in [2.45, 2.75) is 32.3 Å². The summed E-state index contributed by atoms with van der Waals surface area (Å²) >= 11 is 12.3. The normalized spacial score (nSPS) is 25.4. The van der Waals surface area contributed by atoms with Gasteiger partial charge in [-0.2, -0.15) is 9.78 Å². The maximum absolute atomic E-state index is 6.34. The molecular formula is C14H15Cl2N3O2. The summed E-state index contributed by atoms with van der Waals surface area (Å²) in [7, 11) is 0. The van der Waals surface area contributed by atoms with E-state index in [-0.39, 0.29) is 6.10 Å². The van der Waals surface area contributed by atoms with Crippen molar-refractivity contribution in [3.05, 3.63) is 46.0 Å². The van der Waals surface area contributed by atoms with Crippen LogP contribution in [0.2, 0.25) is 10.0 Å². The lowest BCUT2D eigenvalue weighted by atomic mass is 10.1. The van der Waals surface area contributed by atoms with Crippen molar-refractivity contribution in [1.82, 2.24) is 14.8 Å². The molecule has 1 fully saturated rings. The van der Waals surface area contributed by atoms with Crippen molar-refractivity contribution in [2.75, 3.05) is 6.61 Å². The first kappa shape index (κ1) is 14.8. The highest BCUT2D eigenvalue weighted by atomic mass is 35.5. The van der Waals surface area contributed by atoms with E-state index in [0.717, 1.165) is 6.42 Å². The fourth-order valence-electron chi connectivity index (χ4n) is 2.32. The average Bonchev–Trinajstić information content (AvgIpc) is 3.06. The molecule has 0 aliphatic carbocycles. The molecule has 1 aliphatic rings. The Hall–Kier alpha value is -1.14. The lowest BCUT2D eigenvalue weighted by Crippen LogP contribution is -2.37. The van der Waals surface area contributed by atoms with E-state index >= 15 is 0 Å². The molecule has 21 heavy (non-hydrogen) atoms. The topological polar surface area (TPSA) is 49.2 Å². The number of rotatable bonds is 3. The minimum Gasteiger partial charge on any atom is -0.325 e. The van der Waals surface area contributed by atoms with Gasteiger partial charge in [0.1, 0.15) is 12.2 Å². The van der Waals surface area contributed by atoms with Crippen LogP contribution in [0.5, 0.6) is 0 Å². The molecule has 2 aromatic rings. The summed E-state index contributed by atoms with van der Waals surface area (Å²) in [5, 5.41) is 5.36. The third kappa shape index (κ3) is 2.55. The molecule has 2 heterocycles. The maximum Gasteiger partial charge on any atom is 0.302 e. The Morgan fingerprint density at radius 1 is 1.43 bits per heavy atom. The van der Waals surface area contributed by atoms with Gasteiger partial charge in [-0.15, -0.1) is 0 Å². The Morgan fingerprint density at radius 2 is 2.24 bits per heavy atom. The largest absolute Gasteiger partial charge is 0.325 e. The summed E-state index contributed by atoms with van der Waals surface area (Å²) in [5.41, 5.74) is 0.661. The predicted molar refractivity (Wildman–Crippen MR) is 79.4 cm³/mol. The van der Waals surface area contributed by atoms with Crippen LogP contribution in [0.4, 0.5) is 0 Å². The van der Waals surface area contributed by atoms with Crippen molar-refractivity contribution in [1.29, 1.82) is 0 Å². The van der Waals surface area contributed by atoms with Crippen LogP contribution in [0.1, 0.15) is 24.7 Å². The highest BCUT2D eigenvalue weighted by Crippen LogP contribution is 2.40. The smallest absolute Gasteiger partial charge is 0.302 e. The highest BCUT2D eigenvalue weighted by Gasteiger charge is 2.47. The zero-order valence-electron chi connectivity index (χ0n) is 11.7. The second kappa shape index (κ2) is 5.57. The molecule has 0 N–H and O–H groups in total. The Bertz CT molecular complexity index is 661. The number of ether oxygens (including phenoxy) is 2. The molecule has 1 saturated heterocycles. The molecule has 2 atom stereocenters. The van der Waals surface area contributed by atoms with E-state index in [1.807, 2.05) is 6.92 Å². The number of hydrogen-bond donors (Lipinski definition) is 0. The molecule has 0 spiro atoms. The van der Waals surface area contributed by atoms with Crippen LogP contribution in [0.25, 0.3) is 0 Å². The van der Waals surface area contributed by atoms with Crippen molar-refractivity contribution >= 4 is 23.2 Å². The molecule has 1 aromatic heterocycles. The molecule has 0 amide bonds. The Morgan fingerprint density at radius 3 is 2.81 bits per heavy atom. The van der Waals surface area contributed by atoms with E-state index in [2.05, 4.69) is 10.1 Å². The van der Waals surface area contributed by atoms with Crippen LogP contribution in [0, 0.1) is 6.92 Å². The minimum absolute atomic E-state index is 0.0266. The van der Waals surface area contributed by atoms with Crippen molar-refractivity contribution in [3.63, 3.8) is 0 Å². The van der Waals surface area contributed by atoms with Gasteiger partial charge in [-0.05, 0) is 31.5 Å². The number of nitrogens with zero attached hydrogens (tertiary/aromatic N) is 3. The highest BCUT2D eigenvalue weighted by molar-refractivity contribution is 6.35. The van der Waals surface area contributed by atoms with Gasteiger partial charge in [0.15, 0.2) is 0 Å². The molecule has 0 radical (unpaired) electrons. The quantitative estimate of drug-likeness (QED) is 0.867. The van der Waals surface area contributed by atoms with Gasteiger partial charge in [0.25, 0.3) is 0 Å². The van der Waals surface area contributed by atoms with E-state index in [0.29, 0.717) is 28.0 Å². The van der Waals surface area contributed by atoms with Gasteiger partial charge >= 0.3 is 5.91 Å². The molecular weight excluding hydrogens is 313 g/mol. The third-order valence-corrected chi connectivity index (χ3v) is 3.97. The number of hydrogen-bond acceptors (Lipinski definition) is 4.